The van der Waals surface area contributed by atoms with Gasteiger partial charge in [0.1, 0.15) is 11.9 Å². The number of ether oxygens (including phenoxy) is 2. The maximum absolute atomic E-state index is 12.8. The van der Waals surface area contributed by atoms with Gasteiger partial charge in [-0.15, -0.1) is 0 Å². The molecule has 3 heterocycles. The summed E-state index contributed by atoms with van der Waals surface area (Å²) >= 11 is 0. The molecule has 1 N–H and O–H groups in total. The third kappa shape index (κ3) is 7.13. The third-order valence-electron chi connectivity index (χ3n) is 6.99. The second kappa shape index (κ2) is 12.1. The average molecular weight is 547 g/mol. The van der Waals surface area contributed by atoms with E-state index in [2.05, 4.69) is 16.8 Å². The van der Waals surface area contributed by atoms with E-state index < -0.39 is 17.6 Å². The summed E-state index contributed by atoms with van der Waals surface area (Å²) in [6, 6.07) is 13.3. The van der Waals surface area contributed by atoms with E-state index in [1.165, 1.54) is 18.2 Å². The molecule has 2 bridgehead atoms. The molecule has 5 nitrogen and oxygen atoms in total. The first-order chi connectivity index (χ1) is 18.5. The monoisotopic (exact) mass is 546 g/mol. The van der Waals surface area contributed by atoms with Crippen LogP contribution in [0.25, 0.3) is 0 Å². The molecule has 39 heavy (non-hydrogen) atoms. The minimum Gasteiger partial charge on any atom is -0.505 e. The van der Waals surface area contributed by atoms with Crippen molar-refractivity contribution in [2.75, 3.05) is 11.5 Å². The van der Waals surface area contributed by atoms with Crippen molar-refractivity contribution in [3.63, 3.8) is 0 Å². The molecule has 2 saturated heterocycles. The Bertz CT molecular complexity index is 1240. The van der Waals surface area contributed by atoms with E-state index >= 15 is 0 Å². The van der Waals surface area contributed by atoms with E-state index in [-0.39, 0.29) is 23.9 Å². The Hall–Kier alpha value is -3.49. The molecule has 2 aliphatic heterocycles. The Morgan fingerprint density at radius 1 is 0.949 bits per heavy atom. The minimum absolute atomic E-state index is 0.0554. The van der Waals surface area contributed by atoms with E-state index in [0.717, 1.165) is 67.0 Å². The Labute approximate surface area is 226 Å². The molecule has 0 radical (unpaired) electrons. The molecule has 3 atom stereocenters. The molecule has 0 aliphatic carbocycles. The summed E-state index contributed by atoms with van der Waals surface area (Å²) in [5.74, 6) is 1.31. The molecular weight excluding hydrogens is 512 g/mol. The highest BCUT2D eigenvalue weighted by atomic mass is 19.4. The molecule has 5 rings (SSSR count). The average Bonchev–Trinajstić information content (AvgIpc) is 3.16. The normalized spacial score (nSPS) is 20.3. The Balaban J connectivity index is 0.000000333. The van der Waals surface area contributed by atoms with Crippen molar-refractivity contribution < 1.29 is 32.1 Å². The van der Waals surface area contributed by atoms with Gasteiger partial charge in [-0.1, -0.05) is 19.1 Å². The van der Waals surface area contributed by atoms with E-state index in [1.807, 2.05) is 25.1 Å². The molecule has 0 saturated carbocycles. The van der Waals surface area contributed by atoms with Crippen LogP contribution in [-0.4, -0.2) is 34.9 Å². The van der Waals surface area contributed by atoms with Crippen LogP contribution in [-0.2, 0) is 6.18 Å². The Kier molecular flexibility index (Phi) is 8.87. The summed E-state index contributed by atoms with van der Waals surface area (Å²) in [5, 5.41) is 8.73. The molecule has 2 aromatic carbocycles. The van der Waals surface area contributed by atoms with Crippen molar-refractivity contribution in [2.24, 2.45) is 0 Å². The van der Waals surface area contributed by atoms with Crippen LogP contribution < -0.4 is 14.4 Å². The van der Waals surface area contributed by atoms with Gasteiger partial charge in [-0.2, -0.15) is 13.2 Å². The quantitative estimate of drug-likeness (QED) is 0.323. The van der Waals surface area contributed by atoms with Crippen molar-refractivity contribution >= 4 is 5.82 Å². The minimum atomic E-state index is -4.36. The largest absolute Gasteiger partial charge is 0.505 e. The lowest BCUT2D eigenvalue weighted by molar-refractivity contribution is -0.137. The lowest BCUT2D eigenvalue weighted by Crippen LogP contribution is -2.46. The number of halogens is 4. The lowest BCUT2D eigenvalue weighted by atomic mass is 9.99. The number of rotatable bonds is 6. The number of hydrogen-bond acceptors (Lipinski definition) is 5. The summed E-state index contributed by atoms with van der Waals surface area (Å²) < 4.78 is 63.0. The van der Waals surface area contributed by atoms with E-state index in [1.54, 1.807) is 13.0 Å². The number of phenols is 1. The summed E-state index contributed by atoms with van der Waals surface area (Å²) in [5.41, 5.74) is 1.27. The standard InChI is InChI=1S/C23H27F3N2O2.C7H7FO/c1-3-10-29-21-11-15(2)4-8-20(21)30-19-12-17-6-7-18(13-19)28(17)22-9-5-16(14-27-22)23(24,25)26;1-5-2-3-6(8)7(9)4-5/h4-5,8-9,11,14,17-19H,3,6-7,10,12-13H2,1-2H3;2-4,9H,1H3/t17-,18+,19?;. The Morgan fingerprint density at radius 3 is 2.18 bits per heavy atom. The number of pyridine rings is 1. The van der Waals surface area contributed by atoms with Gasteiger partial charge in [0.15, 0.2) is 23.1 Å². The van der Waals surface area contributed by atoms with Crippen LogP contribution in [0.15, 0.2) is 54.7 Å². The zero-order valence-electron chi connectivity index (χ0n) is 22.3. The van der Waals surface area contributed by atoms with Crippen molar-refractivity contribution in [1.29, 1.82) is 0 Å². The van der Waals surface area contributed by atoms with Gasteiger partial charge >= 0.3 is 6.18 Å². The first kappa shape index (κ1) is 28.5. The summed E-state index contributed by atoms with van der Waals surface area (Å²) in [4.78, 5) is 6.31. The highest BCUT2D eigenvalue weighted by Crippen LogP contribution is 2.41. The first-order valence-electron chi connectivity index (χ1n) is 13.2. The van der Waals surface area contributed by atoms with Crippen molar-refractivity contribution in [2.45, 2.75) is 77.2 Å². The number of anilines is 1. The molecular formula is C30H34F4N2O3. The number of benzene rings is 2. The van der Waals surface area contributed by atoms with Crippen LogP contribution in [0, 0.1) is 19.7 Å². The third-order valence-corrected chi connectivity index (χ3v) is 6.99. The summed E-state index contributed by atoms with van der Waals surface area (Å²) in [6.07, 6.45) is 1.19. The highest BCUT2D eigenvalue weighted by molar-refractivity contribution is 5.46. The van der Waals surface area contributed by atoms with Gasteiger partial charge in [-0.25, -0.2) is 9.37 Å². The predicted molar refractivity (Wildman–Crippen MR) is 142 cm³/mol. The number of alkyl halides is 3. The Morgan fingerprint density at radius 2 is 1.62 bits per heavy atom. The van der Waals surface area contributed by atoms with E-state index in [4.69, 9.17) is 14.6 Å². The van der Waals surface area contributed by atoms with Crippen LogP contribution in [0.1, 0.15) is 55.7 Å². The van der Waals surface area contributed by atoms with Crippen LogP contribution >= 0.6 is 0 Å². The van der Waals surface area contributed by atoms with Crippen molar-refractivity contribution in [3.8, 4) is 17.2 Å². The molecule has 1 aromatic heterocycles. The van der Waals surface area contributed by atoms with Gasteiger partial charge in [0.25, 0.3) is 0 Å². The molecule has 1 unspecified atom stereocenters. The van der Waals surface area contributed by atoms with Crippen LogP contribution in [0.4, 0.5) is 23.4 Å². The van der Waals surface area contributed by atoms with Gasteiger partial charge < -0.3 is 19.5 Å². The number of fused-ring (bicyclic) bond motifs is 2. The fraction of sp³-hybridized carbons (Fsp3) is 0.433. The number of phenolic OH excluding ortho intramolecular Hbond substituents is 1. The molecule has 3 aromatic rings. The van der Waals surface area contributed by atoms with Gasteiger partial charge in [0.2, 0.25) is 0 Å². The predicted octanol–water partition coefficient (Wildman–Crippen LogP) is 7.62. The van der Waals surface area contributed by atoms with Crippen LogP contribution in [0.3, 0.4) is 0 Å². The number of aryl methyl sites for hydroxylation is 2. The molecule has 2 fully saturated rings. The van der Waals surface area contributed by atoms with Gasteiger partial charge in [-0.05, 0) is 80.6 Å². The number of nitrogens with zero attached hydrogens (tertiary/aromatic N) is 2. The fourth-order valence-electron chi connectivity index (χ4n) is 5.14. The first-order valence-corrected chi connectivity index (χ1v) is 13.2. The second-order valence-electron chi connectivity index (χ2n) is 10.2. The molecule has 0 amide bonds. The zero-order valence-corrected chi connectivity index (χ0v) is 22.3. The van der Waals surface area contributed by atoms with Crippen LogP contribution in [0.2, 0.25) is 0 Å². The number of hydrogen-bond donors (Lipinski definition) is 1. The highest BCUT2D eigenvalue weighted by Gasteiger charge is 2.42. The smallest absolute Gasteiger partial charge is 0.417 e. The van der Waals surface area contributed by atoms with Gasteiger partial charge in [0.05, 0.1) is 12.2 Å². The number of piperidine rings is 1. The van der Waals surface area contributed by atoms with Gasteiger partial charge in [0, 0.05) is 31.1 Å². The second-order valence-corrected chi connectivity index (χ2v) is 10.2. The maximum atomic E-state index is 12.8. The number of aromatic nitrogens is 1. The van der Waals surface area contributed by atoms with Gasteiger partial charge in [-0.3, -0.25) is 0 Å². The SMILES string of the molecule is CCCOc1cc(C)ccc1OC1C[C@H]2CC[C@@H](C1)N2c1ccc(C(F)(F)F)cn1.Cc1ccc(F)c(O)c1. The molecule has 210 valence electrons. The van der Waals surface area contributed by atoms with Crippen molar-refractivity contribution in [1.82, 2.24) is 4.98 Å². The summed E-state index contributed by atoms with van der Waals surface area (Å²) in [7, 11) is 0. The van der Waals surface area contributed by atoms with E-state index in [9.17, 15) is 17.6 Å². The van der Waals surface area contributed by atoms with E-state index in [0.29, 0.717) is 12.4 Å². The topological polar surface area (TPSA) is 54.8 Å². The number of aromatic hydroxyl groups is 1. The maximum Gasteiger partial charge on any atom is 0.417 e. The summed E-state index contributed by atoms with van der Waals surface area (Å²) in [6.45, 7) is 6.53. The fourth-order valence-corrected chi connectivity index (χ4v) is 5.14. The molecule has 9 heteroatoms. The lowest BCUT2D eigenvalue weighted by Gasteiger charge is -2.39. The van der Waals surface area contributed by atoms with Crippen LogP contribution in [0.5, 0.6) is 17.2 Å². The van der Waals surface area contributed by atoms with Crippen molar-refractivity contribution in [3.05, 3.63) is 77.2 Å². The molecule has 0 spiro atoms. The molecule has 2 aliphatic rings. The zero-order chi connectivity index (χ0) is 28.2.